The number of hydrogen-bond donors (Lipinski definition) is 2. The van der Waals surface area contributed by atoms with Crippen molar-refractivity contribution in [1.29, 1.82) is 0 Å². The monoisotopic (exact) mass is 386 g/mol. The zero-order valence-corrected chi connectivity index (χ0v) is 16.3. The first kappa shape index (κ1) is 19.9. The van der Waals surface area contributed by atoms with E-state index in [1.54, 1.807) is 49.6 Å². The summed E-state index contributed by atoms with van der Waals surface area (Å²) < 4.78 is 5.16. The van der Waals surface area contributed by atoms with E-state index in [9.17, 15) is 9.59 Å². The molecule has 5 nitrogen and oxygen atoms in total. The number of aryl methyl sites for hydroxylation is 1. The summed E-state index contributed by atoms with van der Waals surface area (Å²) in [6.45, 7) is 1.95. The molecule has 0 aromatic heterocycles. The van der Waals surface area contributed by atoms with Gasteiger partial charge in [-0.3, -0.25) is 9.59 Å². The minimum Gasteiger partial charge on any atom is -0.497 e. The highest BCUT2D eigenvalue weighted by Crippen LogP contribution is 2.15. The van der Waals surface area contributed by atoms with Crippen LogP contribution in [0, 0.1) is 6.92 Å². The molecule has 0 radical (unpaired) electrons. The van der Waals surface area contributed by atoms with E-state index in [4.69, 9.17) is 4.74 Å². The molecule has 2 amide bonds. The molecule has 0 aliphatic heterocycles. The highest BCUT2D eigenvalue weighted by molar-refractivity contribution is 6.10. The minimum absolute atomic E-state index is 0.143. The molecule has 0 spiro atoms. The summed E-state index contributed by atoms with van der Waals surface area (Å²) >= 11 is 0. The average Bonchev–Trinajstić information content (AvgIpc) is 2.75. The predicted molar refractivity (Wildman–Crippen MR) is 115 cm³/mol. The van der Waals surface area contributed by atoms with Crippen LogP contribution in [-0.4, -0.2) is 18.9 Å². The lowest BCUT2D eigenvalue weighted by molar-refractivity contribution is -0.113. The van der Waals surface area contributed by atoms with Crippen molar-refractivity contribution < 1.29 is 14.3 Å². The number of para-hydroxylation sites is 1. The first-order valence-corrected chi connectivity index (χ1v) is 9.15. The van der Waals surface area contributed by atoms with Gasteiger partial charge in [-0.1, -0.05) is 48.0 Å². The fourth-order valence-electron chi connectivity index (χ4n) is 2.64. The van der Waals surface area contributed by atoms with Crippen molar-refractivity contribution in [2.75, 3.05) is 12.4 Å². The first-order chi connectivity index (χ1) is 14.0. The summed E-state index contributed by atoms with van der Waals surface area (Å²) in [6.07, 6.45) is 1.63. The second-order valence-electron chi connectivity index (χ2n) is 6.47. The van der Waals surface area contributed by atoms with Crippen molar-refractivity contribution in [3.8, 4) is 5.75 Å². The zero-order chi connectivity index (χ0) is 20.6. The van der Waals surface area contributed by atoms with E-state index in [-0.39, 0.29) is 11.6 Å². The molecule has 0 atom stereocenters. The Hall–Kier alpha value is -3.86. The van der Waals surface area contributed by atoms with Gasteiger partial charge in [-0.15, -0.1) is 0 Å². The fourth-order valence-corrected chi connectivity index (χ4v) is 2.64. The average molecular weight is 386 g/mol. The Kier molecular flexibility index (Phi) is 6.43. The Morgan fingerprint density at radius 3 is 2.14 bits per heavy atom. The van der Waals surface area contributed by atoms with Crippen molar-refractivity contribution in [2.24, 2.45) is 0 Å². The number of methoxy groups -OCH3 is 1. The fraction of sp³-hybridized carbons (Fsp3) is 0.0833. The lowest BCUT2D eigenvalue weighted by atomic mass is 10.1. The van der Waals surface area contributed by atoms with Gasteiger partial charge >= 0.3 is 0 Å². The van der Waals surface area contributed by atoms with E-state index in [0.717, 1.165) is 11.1 Å². The minimum atomic E-state index is -0.410. The van der Waals surface area contributed by atoms with Crippen LogP contribution in [0.5, 0.6) is 5.75 Å². The van der Waals surface area contributed by atoms with Crippen LogP contribution < -0.4 is 15.4 Å². The molecule has 2 N–H and O–H groups in total. The van der Waals surface area contributed by atoms with Crippen LogP contribution in [0.4, 0.5) is 5.69 Å². The summed E-state index contributed by atoms with van der Waals surface area (Å²) in [7, 11) is 1.59. The quantitative estimate of drug-likeness (QED) is 0.617. The van der Waals surface area contributed by atoms with E-state index in [2.05, 4.69) is 10.6 Å². The molecule has 3 aromatic carbocycles. The van der Waals surface area contributed by atoms with Crippen molar-refractivity contribution in [2.45, 2.75) is 6.92 Å². The largest absolute Gasteiger partial charge is 0.497 e. The molecule has 0 aliphatic rings. The Morgan fingerprint density at radius 1 is 0.862 bits per heavy atom. The van der Waals surface area contributed by atoms with Gasteiger partial charge in [-0.05, 0) is 55.0 Å². The number of anilines is 1. The normalized spacial score (nSPS) is 10.9. The molecule has 3 aromatic rings. The van der Waals surface area contributed by atoms with Crippen molar-refractivity contribution in [1.82, 2.24) is 5.32 Å². The van der Waals surface area contributed by atoms with Gasteiger partial charge in [0.05, 0.1) is 7.11 Å². The number of benzene rings is 3. The van der Waals surface area contributed by atoms with Crippen LogP contribution in [0.1, 0.15) is 21.5 Å². The molecule has 0 heterocycles. The van der Waals surface area contributed by atoms with E-state index in [1.165, 1.54) is 0 Å². The van der Waals surface area contributed by atoms with E-state index >= 15 is 0 Å². The van der Waals surface area contributed by atoms with Crippen LogP contribution in [-0.2, 0) is 4.79 Å². The number of carbonyl (C=O) groups excluding carboxylic acids is 2. The Balaban J connectivity index is 1.87. The maximum absolute atomic E-state index is 12.8. The maximum Gasteiger partial charge on any atom is 0.272 e. The van der Waals surface area contributed by atoms with Crippen molar-refractivity contribution >= 4 is 23.6 Å². The van der Waals surface area contributed by atoms with E-state index in [1.807, 2.05) is 49.4 Å². The molecule has 0 unspecified atom stereocenters. The lowest BCUT2D eigenvalue weighted by Gasteiger charge is -2.12. The number of amides is 2. The van der Waals surface area contributed by atoms with Gasteiger partial charge in [-0.2, -0.15) is 0 Å². The Morgan fingerprint density at radius 2 is 1.52 bits per heavy atom. The standard InChI is InChI=1S/C24H22N2O3/c1-17-8-12-19(13-9-17)23(27)26-22(16-18-10-14-21(29-2)15-11-18)24(28)25-20-6-4-3-5-7-20/h3-16H,1-2H3,(H,25,28)(H,26,27). The Labute approximate surface area is 170 Å². The topological polar surface area (TPSA) is 67.4 Å². The highest BCUT2D eigenvalue weighted by Gasteiger charge is 2.15. The second-order valence-corrected chi connectivity index (χ2v) is 6.47. The molecular formula is C24H22N2O3. The van der Waals surface area contributed by atoms with E-state index < -0.39 is 5.91 Å². The number of ether oxygens (including phenoxy) is 1. The molecule has 146 valence electrons. The van der Waals surface area contributed by atoms with Crippen molar-refractivity contribution in [3.05, 3.63) is 101 Å². The summed E-state index contributed by atoms with van der Waals surface area (Å²) in [4.78, 5) is 25.5. The first-order valence-electron chi connectivity index (χ1n) is 9.15. The smallest absolute Gasteiger partial charge is 0.272 e. The molecule has 0 saturated carbocycles. The van der Waals surface area contributed by atoms with Gasteiger partial charge in [0.25, 0.3) is 11.8 Å². The van der Waals surface area contributed by atoms with Crippen LogP contribution in [0.15, 0.2) is 84.6 Å². The summed E-state index contributed by atoms with van der Waals surface area (Å²) in [5.41, 5.74) is 3.07. The zero-order valence-electron chi connectivity index (χ0n) is 16.3. The van der Waals surface area contributed by atoms with Gasteiger partial charge in [0, 0.05) is 11.3 Å². The number of carbonyl (C=O) groups is 2. The third-order valence-corrected chi connectivity index (χ3v) is 4.27. The van der Waals surface area contributed by atoms with E-state index in [0.29, 0.717) is 17.0 Å². The number of rotatable bonds is 6. The molecule has 29 heavy (non-hydrogen) atoms. The maximum atomic E-state index is 12.8. The number of hydrogen-bond acceptors (Lipinski definition) is 3. The van der Waals surface area contributed by atoms with Crippen LogP contribution >= 0.6 is 0 Å². The lowest BCUT2D eigenvalue weighted by Crippen LogP contribution is -2.30. The third-order valence-electron chi connectivity index (χ3n) is 4.27. The van der Waals surface area contributed by atoms with Gasteiger partial charge in [-0.25, -0.2) is 0 Å². The molecule has 0 fully saturated rings. The molecule has 0 saturated heterocycles. The SMILES string of the molecule is COc1ccc(C=C(NC(=O)c2ccc(C)cc2)C(=O)Nc2ccccc2)cc1. The highest BCUT2D eigenvalue weighted by atomic mass is 16.5. The summed E-state index contributed by atoms with van der Waals surface area (Å²) in [5.74, 6) is -0.0541. The van der Waals surface area contributed by atoms with Gasteiger partial charge in [0.15, 0.2) is 0 Å². The van der Waals surface area contributed by atoms with Crippen molar-refractivity contribution in [3.63, 3.8) is 0 Å². The summed E-state index contributed by atoms with van der Waals surface area (Å²) in [5, 5.41) is 5.53. The van der Waals surface area contributed by atoms with Gasteiger partial charge < -0.3 is 15.4 Å². The predicted octanol–water partition coefficient (Wildman–Crippen LogP) is 4.41. The van der Waals surface area contributed by atoms with Crippen LogP contribution in [0.3, 0.4) is 0 Å². The Bertz CT molecular complexity index is 1010. The molecule has 5 heteroatoms. The number of nitrogens with one attached hydrogen (secondary N) is 2. The van der Waals surface area contributed by atoms with Crippen LogP contribution in [0.2, 0.25) is 0 Å². The van der Waals surface area contributed by atoms with Crippen LogP contribution in [0.25, 0.3) is 6.08 Å². The summed E-state index contributed by atoms with van der Waals surface area (Å²) in [6, 6.07) is 23.5. The third kappa shape index (κ3) is 5.56. The molecule has 0 aliphatic carbocycles. The molecule has 3 rings (SSSR count). The van der Waals surface area contributed by atoms with Gasteiger partial charge in [0.1, 0.15) is 11.4 Å². The molecular weight excluding hydrogens is 364 g/mol. The molecule has 0 bridgehead atoms. The van der Waals surface area contributed by atoms with Gasteiger partial charge in [0.2, 0.25) is 0 Å². The second kappa shape index (κ2) is 9.37.